The molecule has 0 saturated carbocycles. The number of nitrogens with one attached hydrogen (secondary N) is 1. The van der Waals surface area contributed by atoms with Gasteiger partial charge in [-0.1, -0.05) is 6.92 Å². The highest BCUT2D eigenvalue weighted by molar-refractivity contribution is 5.82. The zero-order valence-electron chi connectivity index (χ0n) is 12.3. The molecule has 0 radical (unpaired) electrons. The van der Waals surface area contributed by atoms with Crippen LogP contribution in [0.1, 0.15) is 19.6 Å². The summed E-state index contributed by atoms with van der Waals surface area (Å²) in [5.41, 5.74) is -0.187. The Balaban J connectivity index is 2.05. The Kier molecular flexibility index (Phi) is 3.73. The monoisotopic (exact) mass is 309 g/mol. The van der Waals surface area contributed by atoms with Gasteiger partial charge in [-0.2, -0.15) is 0 Å². The van der Waals surface area contributed by atoms with Gasteiger partial charge in [0.1, 0.15) is 29.7 Å². The van der Waals surface area contributed by atoms with E-state index in [9.17, 15) is 15.3 Å². The number of anilines is 1. The summed E-state index contributed by atoms with van der Waals surface area (Å²) in [6.45, 7) is 1.39. The Hall–Kier alpha value is -1.81. The number of aliphatic hydroxyl groups is 3. The summed E-state index contributed by atoms with van der Waals surface area (Å²) in [5.74, 6) is 0.556. The normalized spacial score (nSPS) is 31.8. The van der Waals surface area contributed by atoms with Crippen LogP contribution < -0.4 is 5.32 Å². The number of aliphatic hydroxyl groups excluding tert-OH is 3. The molecule has 3 heterocycles. The van der Waals surface area contributed by atoms with Gasteiger partial charge < -0.3 is 25.4 Å². The van der Waals surface area contributed by atoms with Gasteiger partial charge in [-0.3, -0.25) is 4.57 Å². The number of rotatable bonds is 4. The number of imidazole rings is 1. The average molecular weight is 309 g/mol. The van der Waals surface area contributed by atoms with Gasteiger partial charge >= 0.3 is 0 Å². The molecule has 0 amide bonds. The molecule has 1 fully saturated rings. The molecule has 0 aliphatic carbocycles. The standard InChI is InChI=1S/C13H19N5O4/c1-3-13(4-19)9(21)8(20)12(22-13)18-6-17-7-10(14-2)15-5-16-11(7)18/h5-6,8-9,12,19-21H,3-4H2,1-2H3,(H,14,15,16)/t8-,9+,12-,13-/m1/s1. The van der Waals surface area contributed by atoms with Crippen LogP contribution >= 0.6 is 0 Å². The summed E-state index contributed by atoms with van der Waals surface area (Å²) < 4.78 is 7.33. The SMILES string of the molecule is CC[C@]1(CO)O[C@@H](n2cnc3c(NC)ncnc32)[C@H](O)[C@@H]1O. The first-order valence-electron chi connectivity index (χ1n) is 7.08. The molecule has 22 heavy (non-hydrogen) atoms. The van der Waals surface area contributed by atoms with E-state index in [0.29, 0.717) is 23.4 Å². The van der Waals surface area contributed by atoms with Crippen molar-refractivity contribution in [1.82, 2.24) is 19.5 Å². The van der Waals surface area contributed by atoms with E-state index in [1.165, 1.54) is 12.7 Å². The van der Waals surface area contributed by atoms with E-state index < -0.39 is 24.0 Å². The first-order valence-corrected chi connectivity index (χ1v) is 7.08. The van der Waals surface area contributed by atoms with Gasteiger partial charge in [-0.25, -0.2) is 15.0 Å². The molecule has 4 N–H and O–H groups in total. The van der Waals surface area contributed by atoms with E-state index >= 15 is 0 Å². The fourth-order valence-corrected chi connectivity index (χ4v) is 2.82. The van der Waals surface area contributed by atoms with Crippen LogP contribution in [0.3, 0.4) is 0 Å². The van der Waals surface area contributed by atoms with Crippen molar-refractivity contribution in [2.75, 3.05) is 19.0 Å². The fourth-order valence-electron chi connectivity index (χ4n) is 2.82. The van der Waals surface area contributed by atoms with Crippen LogP contribution in [-0.4, -0.2) is 66.3 Å². The Labute approximate surface area is 126 Å². The molecule has 9 nitrogen and oxygen atoms in total. The number of hydrogen-bond acceptors (Lipinski definition) is 8. The fraction of sp³-hybridized carbons (Fsp3) is 0.615. The molecule has 2 aromatic rings. The lowest BCUT2D eigenvalue weighted by Gasteiger charge is -2.28. The molecule has 9 heteroatoms. The van der Waals surface area contributed by atoms with Crippen molar-refractivity contribution in [3.05, 3.63) is 12.7 Å². The Morgan fingerprint density at radius 3 is 2.73 bits per heavy atom. The lowest BCUT2D eigenvalue weighted by molar-refractivity contribution is -0.129. The van der Waals surface area contributed by atoms with E-state index in [1.54, 1.807) is 18.5 Å². The van der Waals surface area contributed by atoms with E-state index in [-0.39, 0.29) is 6.61 Å². The molecule has 4 atom stereocenters. The highest BCUT2D eigenvalue weighted by atomic mass is 16.6. The molecule has 0 aromatic carbocycles. The highest BCUT2D eigenvalue weighted by Crippen LogP contribution is 2.40. The minimum Gasteiger partial charge on any atom is -0.393 e. The van der Waals surface area contributed by atoms with Crippen LogP contribution in [0.5, 0.6) is 0 Å². The maximum Gasteiger partial charge on any atom is 0.167 e. The maximum atomic E-state index is 10.3. The van der Waals surface area contributed by atoms with Gasteiger partial charge in [0.05, 0.1) is 12.9 Å². The second-order valence-electron chi connectivity index (χ2n) is 5.32. The third-order valence-electron chi connectivity index (χ3n) is 4.25. The van der Waals surface area contributed by atoms with Crippen molar-refractivity contribution >= 4 is 17.0 Å². The van der Waals surface area contributed by atoms with Crippen LogP contribution in [0.4, 0.5) is 5.82 Å². The van der Waals surface area contributed by atoms with Crippen LogP contribution in [0.15, 0.2) is 12.7 Å². The van der Waals surface area contributed by atoms with E-state index in [2.05, 4.69) is 20.3 Å². The van der Waals surface area contributed by atoms with Gasteiger partial charge in [0.25, 0.3) is 0 Å². The molecule has 2 aromatic heterocycles. The number of fused-ring (bicyclic) bond motifs is 1. The Morgan fingerprint density at radius 1 is 1.36 bits per heavy atom. The molecular weight excluding hydrogens is 290 g/mol. The second kappa shape index (κ2) is 5.43. The van der Waals surface area contributed by atoms with Gasteiger partial charge in [-0.05, 0) is 6.42 Å². The predicted molar refractivity (Wildman–Crippen MR) is 77.1 cm³/mol. The number of nitrogens with zero attached hydrogens (tertiary/aromatic N) is 4. The van der Waals surface area contributed by atoms with Gasteiger partial charge in [0, 0.05) is 7.05 Å². The Bertz CT molecular complexity index is 671. The van der Waals surface area contributed by atoms with Crippen molar-refractivity contribution in [2.45, 2.75) is 37.4 Å². The van der Waals surface area contributed by atoms with E-state index in [1.807, 2.05) is 0 Å². The topological polar surface area (TPSA) is 126 Å². The largest absolute Gasteiger partial charge is 0.393 e. The van der Waals surface area contributed by atoms with E-state index in [0.717, 1.165) is 0 Å². The number of ether oxygens (including phenoxy) is 1. The lowest BCUT2D eigenvalue weighted by Crippen LogP contribution is -2.45. The van der Waals surface area contributed by atoms with Gasteiger partial charge in [0.2, 0.25) is 0 Å². The zero-order chi connectivity index (χ0) is 15.9. The van der Waals surface area contributed by atoms with Crippen molar-refractivity contribution in [3.8, 4) is 0 Å². The molecule has 1 aliphatic rings. The molecule has 0 unspecified atom stereocenters. The molecule has 1 saturated heterocycles. The summed E-state index contributed by atoms with van der Waals surface area (Å²) in [6.07, 6.45) is -0.0610. The summed E-state index contributed by atoms with van der Waals surface area (Å²) in [4.78, 5) is 12.5. The highest BCUT2D eigenvalue weighted by Gasteiger charge is 2.53. The average Bonchev–Trinajstić information content (AvgIpc) is 3.08. The number of hydrogen-bond donors (Lipinski definition) is 4. The van der Waals surface area contributed by atoms with Crippen molar-refractivity contribution in [3.63, 3.8) is 0 Å². The first kappa shape index (κ1) is 15.1. The van der Waals surface area contributed by atoms with Crippen molar-refractivity contribution in [1.29, 1.82) is 0 Å². The quantitative estimate of drug-likeness (QED) is 0.582. The molecule has 0 bridgehead atoms. The maximum absolute atomic E-state index is 10.3. The predicted octanol–water partition coefficient (Wildman–Crippen LogP) is -0.740. The minimum atomic E-state index is -1.20. The zero-order valence-corrected chi connectivity index (χ0v) is 12.3. The van der Waals surface area contributed by atoms with Crippen molar-refractivity contribution in [2.24, 2.45) is 0 Å². The Morgan fingerprint density at radius 2 is 2.14 bits per heavy atom. The molecule has 120 valence electrons. The van der Waals surface area contributed by atoms with Crippen LogP contribution in [0, 0.1) is 0 Å². The summed E-state index contributed by atoms with van der Waals surface area (Å²) >= 11 is 0. The second-order valence-corrected chi connectivity index (χ2v) is 5.32. The van der Waals surface area contributed by atoms with E-state index in [4.69, 9.17) is 4.74 Å². The van der Waals surface area contributed by atoms with Crippen LogP contribution in [-0.2, 0) is 4.74 Å². The minimum absolute atomic E-state index is 0.363. The molecule has 0 spiro atoms. The van der Waals surface area contributed by atoms with Crippen LogP contribution in [0.25, 0.3) is 11.2 Å². The summed E-state index contributed by atoms with van der Waals surface area (Å²) in [6, 6.07) is 0. The third-order valence-corrected chi connectivity index (χ3v) is 4.25. The lowest BCUT2D eigenvalue weighted by atomic mass is 9.93. The number of aromatic nitrogens is 4. The summed E-state index contributed by atoms with van der Waals surface area (Å²) in [5, 5.41) is 33.0. The van der Waals surface area contributed by atoms with Crippen LogP contribution in [0.2, 0.25) is 0 Å². The van der Waals surface area contributed by atoms with Crippen molar-refractivity contribution < 1.29 is 20.1 Å². The molecule has 1 aliphatic heterocycles. The first-order chi connectivity index (χ1) is 10.6. The third kappa shape index (κ3) is 1.97. The molecular formula is C13H19N5O4. The van der Waals surface area contributed by atoms with Gasteiger partial charge in [0.15, 0.2) is 17.7 Å². The van der Waals surface area contributed by atoms with Gasteiger partial charge in [-0.15, -0.1) is 0 Å². The molecule has 3 rings (SSSR count). The summed E-state index contributed by atoms with van der Waals surface area (Å²) in [7, 11) is 1.72. The smallest absolute Gasteiger partial charge is 0.167 e.